The Morgan fingerprint density at radius 1 is 1.50 bits per heavy atom. The molecule has 0 unspecified atom stereocenters. The first-order valence-electron chi connectivity index (χ1n) is 4.61. The van der Waals surface area contributed by atoms with Gasteiger partial charge in [0.25, 0.3) is 0 Å². The Kier molecular flexibility index (Phi) is 4.10. The Labute approximate surface area is 119 Å². The molecule has 0 aliphatic carbocycles. The van der Waals surface area contributed by atoms with Crippen molar-refractivity contribution in [1.29, 1.82) is 0 Å². The van der Waals surface area contributed by atoms with E-state index in [2.05, 4.69) is 26.1 Å². The first kappa shape index (κ1) is 13.2. The Morgan fingerprint density at radius 3 is 2.89 bits per heavy atom. The number of halogens is 2. The van der Waals surface area contributed by atoms with E-state index in [1.54, 1.807) is 12.1 Å². The van der Waals surface area contributed by atoms with E-state index in [0.29, 0.717) is 13.9 Å². The molecule has 2 rings (SSSR count). The van der Waals surface area contributed by atoms with Crippen molar-refractivity contribution in [2.75, 3.05) is 0 Å². The Hall–Kier alpha value is -1.25. The minimum absolute atomic E-state index is 0.0772. The third kappa shape index (κ3) is 2.95. The lowest BCUT2D eigenvalue weighted by Gasteiger charge is -2.06. The highest BCUT2D eigenvalue weighted by Crippen LogP contribution is 2.35. The summed E-state index contributed by atoms with van der Waals surface area (Å²) in [5, 5.41) is 18.8. The van der Waals surface area contributed by atoms with E-state index in [0.717, 1.165) is 11.3 Å². The average Bonchev–Trinajstić information content (AvgIpc) is 2.73. The summed E-state index contributed by atoms with van der Waals surface area (Å²) in [5.74, 6) is 0.161. The van der Waals surface area contributed by atoms with Gasteiger partial charge in [0, 0.05) is 6.07 Å². The molecule has 6 nitrogen and oxygen atoms in total. The highest BCUT2D eigenvalue weighted by atomic mass is 79.9. The van der Waals surface area contributed by atoms with Crippen molar-refractivity contribution in [3.05, 3.63) is 42.3 Å². The zero-order valence-corrected chi connectivity index (χ0v) is 11.8. The van der Waals surface area contributed by atoms with Crippen LogP contribution in [0.3, 0.4) is 0 Å². The second-order valence-electron chi connectivity index (χ2n) is 3.08. The van der Waals surface area contributed by atoms with Crippen LogP contribution in [0, 0.1) is 10.1 Å². The Balaban J connectivity index is 2.20. The van der Waals surface area contributed by atoms with Crippen LogP contribution in [0.25, 0.3) is 0 Å². The van der Waals surface area contributed by atoms with Gasteiger partial charge >= 0.3 is 5.69 Å². The number of para-hydroxylation sites is 1. The molecule has 0 N–H and O–H groups in total. The van der Waals surface area contributed by atoms with Gasteiger partial charge in [0.1, 0.15) is 6.61 Å². The first-order valence-corrected chi connectivity index (χ1v) is 6.60. The van der Waals surface area contributed by atoms with Gasteiger partial charge in [-0.15, -0.1) is 10.2 Å². The maximum atomic E-state index is 10.8. The van der Waals surface area contributed by atoms with E-state index in [4.69, 9.17) is 16.3 Å². The number of rotatable bonds is 4. The maximum Gasteiger partial charge on any atom is 0.312 e. The molecule has 0 radical (unpaired) electrons. The molecule has 0 aliphatic rings. The summed E-state index contributed by atoms with van der Waals surface area (Å²) in [6.07, 6.45) is 0. The molecule has 2 aromatic rings. The number of nitrogens with zero attached hydrogens (tertiary/aromatic N) is 3. The van der Waals surface area contributed by atoms with Gasteiger partial charge in [-0.05, 0) is 33.6 Å². The van der Waals surface area contributed by atoms with Gasteiger partial charge in [-0.1, -0.05) is 17.4 Å². The Bertz CT molecular complexity index is 592. The molecule has 0 saturated carbocycles. The topological polar surface area (TPSA) is 78.2 Å². The number of nitro groups is 1. The van der Waals surface area contributed by atoms with Crippen molar-refractivity contribution in [3.63, 3.8) is 0 Å². The lowest BCUT2D eigenvalue weighted by molar-refractivity contribution is -0.386. The largest absolute Gasteiger partial charge is 0.479 e. The fourth-order valence-electron chi connectivity index (χ4n) is 1.21. The zero-order chi connectivity index (χ0) is 13.1. The predicted octanol–water partition coefficient (Wildman–Crippen LogP) is 3.44. The van der Waals surface area contributed by atoms with Gasteiger partial charge in [0.2, 0.25) is 10.2 Å². The van der Waals surface area contributed by atoms with Gasteiger partial charge in [-0.3, -0.25) is 10.1 Å². The van der Waals surface area contributed by atoms with Crippen LogP contribution in [0.2, 0.25) is 4.47 Å². The van der Waals surface area contributed by atoms with Crippen LogP contribution >= 0.6 is 38.9 Å². The molecule has 0 spiro atoms. The quantitative estimate of drug-likeness (QED) is 0.623. The molecule has 0 aliphatic heterocycles. The maximum absolute atomic E-state index is 10.8. The molecule has 0 bridgehead atoms. The van der Waals surface area contributed by atoms with Crippen LogP contribution in [0.1, 0.15) is 5.01 Å². The van der Waals surface area contributed by atoms with E-state index >= 15 is 0 Å². The number of ether oxygens (including phenoxy) is 1. The van der Waals surface area contributed by atoms with Crippen molar-refractivity contribution in [2.24, 2.45) is 0 Å². The molecule has 1 aromatic carbocycles. The summed E-state index contributed by atoms with van der Waals surface area (Å²) in [6.45, 7) is 0.0772. The average molecular weight is 351 g/mol. The normalized spacial score (nSPS) is 10.3. The van der Waals surface area contributed by atoms with Crippen LogP contribution in [0.15, 0.2) is 22.7 Å². The minimum Gasteiger partial charge on any atom is -0.479 e. The van der Waals surface area contributed by atoms with Crippen LogP contribution in [-0.2, 0) is 6.61 Å². The van der Waals surface area contributed by atoms with E-state index in [-0.39, 0.29) is 18.0 Å². The van der Waals surface area contributed by atoms with Gasteiger partial charge in [-0.2, -0.15) is 0 Å². The highest BCUT2D eigenvalue weighted by molar-refractivity contribution is 9.10. The molecule has 0 atom stereocenters. The van der Waals surface area contributed by atoms with Crippen LogP contribution in [-0.4, -0.2) is 15.1 Å². The van der Waals surface area contributed by atoms with E-state index in [9.17, 15) is 10.1 Å². The van der Waals surface area contributed by atoms with Gasteiger partial charge in [0.05, 0.1) is 9.40 Å². The van der Waals surface area contributed by atoms with Gasteiger partial charge in [-0.25, -0.2) is 0 Å². The lowest BCUT2D eigenvalue weighted by atomic mass is 10.3. The van der Waals surface area contributed by atoms with Gasteiger partial charge < -0.3 is 4.74 Å². The monoisotopic (exact) mass is 349 g/mol. The number of hydrogen-bond acceptors (Lipinski definition) is 6. The van der Waals surface area contributed by atoms with Crippen molar-refractivity contribution < 1.29 is 9.66 Å². The molecule has 18 heavy (non-hydrogen) atoms. The third-order valence-electron chi connectivity index (χ3n) is 1.93. The van der Waals surface area contributed by atoms with Crippen LogP contribution < -0.4 is 4.74 Å². The summed E-state index contributed by atoms with van der Waals surface area (Å²) in [7, 11) is 0. The smallest absolute Gasteiger partial charge is 0.312 e. The number of benzene rings is 1. The number of nitro benzene ring substituents is 1. The highest BCUT2D eigenvalue weighted by Gasteiger charge is 2.18. The second kappa shape index (κ2) is 5.59. The summed E-state index contributed by atoms with van der Waals surface area (Å²) >= 11 is 9.99. The molecule has 1 heterocycles. The molecule has 0 saturated heterocycles. The number of aromatic nitrogens is 2. The molecule has 0 fully saturated rings. The predicted molar refractivity (Wildman–Crippen MR) is 70.0 cm³/mol. The van der Waals surface area contributed by atoms with E-state index < -0.39 is 4.92 Å². The van der Waals surface area contributed by atoms with Gasteiger partial charge in [0.15, 0.2) is 5.01 Å². The summed E-state index contributed by atoms with van der Waals surface area (Å²) in [5.41, 5.74) is -0.111. The van der Waals surface area contributed by atoms with E-state index in [1.165, 1.54) is 6.07 Å². The molecule has 9 heteroatoms. The summed E-state index contributed by atoms with van der Waals surface area (Å²) in [4.78, 5) is 10.3. The molecular weight excluding hydrogens is 346 g/mol. The SMILES string of the molecule is O=[N+]([O-])c1cccc(Br)c1OCc1nnc(Cl)s1. The number of hydrogen-bond donors (Lipinski definition) is 0. The second-order valence-corrected chi connectivity index (χ2v) is 5.58. The summed E-state index contributed by atoms with van der Waals surface area (Å²) in [6, 6.07) is 4.60. The first-order chi connectivity index (χ1) is 8.58. The molecular formula is C9H5BrClN3O3S. The molecule has 94 valence electrons. The standard InChI is InChI=1S/C9H5BrClN3O3S/c10-5-2-1-3-6(14(15)16)8(5)17-4-7-12-13-9(11)18-7/h1-3H,4H2. The van der Waals surface area contributed by atoms with Crippen molar-refractivity contribution in [1.82, 2.24) is 10.2 Å². The zero-order valence-electron chi connectivity index (χ0n) is 8.67. The van der Waals surface area contributed by atoms with E-state index in [1.807, 2.05) is 0 Å². The fraction of sp³-hybridized carbons (Fsp3) is 0.111. The fourth-order valence-corrected chi connectivity index (χ4v) is 2.46. The molecule has 0 amide bonds. The summed E-state index contributed by atoms with van der Waals surface area (Å²) < 4.78 is 6.20. The molecule has 1 aromatic heterocycles. The minimum atomic E-state index is -0.507. The lowest BCUT2D eigenvalue weighted by Crippen LogP contribution is -1.99. The third-order valence-corrected chi connectivity index (χ3v) is 3.54. The van der Waals surface area contributed by atoms with Crippen molar-refractivity contribution in [2.45, 2.75) is 6.61 Å². The van der Waals surface area contributed by atoms with Crippen LogP contribution in [0.5, 0.6) is 5.75 Å². The van der Waals surface area contributed by atoms with Crippen molar-refractivity contribution in [3.8, 4) is 5.75 Å². The Morgan fingerprint density at radius 2 is 2.28 bits per heavy atom. The van der Waals surface area contributed by atoms with Crippen LogP contribution in [0.4, 0.5) is 5.69 Å². The van der Waals surface area contributed by atoms with Crippen molar-refractivity contribution >= 4 is 44.6 Å².